The first-order chi connectivity index (χ1) is 14.5. The van der Waals surface area contributed by atoms with Gasteiger partial charge in [0.1, 0.15) is 24.0 Å². The highest BCUT2D eigenvalue weighted by Gasteiger charge is 2.17. The molecule has 7 nitrogen and oxygen atoms in total. The van der Waals surface area contributed by atoms with Crippen molar-refractivity contribution in [1.82, 2.24) is 5.32 Å². The van der Waals surface area contributed by atoms with Gasteiger partial charge in [-0.25, -0.2) is 9.59 Å². The molecule has 0 unspecified atom stereocenters. The topological polar surface area (TPSA) is 94.8 Å². The van der Waals surface area contributed by atoms with Crippen LogP contribution in [0.1, 0.15) is 18.1 Å². The van der Waals surface area contributed by atoms with Crippen molar-refractivity contribution >= 4 is 28.9 Å². The maximum atomic E-state index is 12.3. The summed E-state index contributed by atoms with van der Waals surface area (Å²) in [6.45, 7) is 1.40. The molecule has 1 atom stereocenters. The predicted octanol–water partition coefficient (Wildman–Crippen LogP) is 3.06. The van der Waals surface area contributed by atoms with Gasteiger partial charge in [-0.3, -0.25) is 4.79 Å². The van der Waals surface area contributed by atoms with Gasteiger partial charge in [0.05, 0.1) is 7.11 Å². The van der Waals surface area contributed by atoms with Gasteiger partial charge in [-0.2, -0.15) is 0 Å². The van der Waals surface area contributed by atoms with Crippen molar-refractivity contribution in [1.29, 1.82) is 0 Å². The van der Waals surface area contributed by atoms with Gasteiger partial charge in [-0.05, 0) is 30.7 Å². The zero-order chi connectivity index (χ0) is 21.5. The van der Waals surface area contributed by atoms with Gasteiger partial charge in [0.25, 0.3) is 0 Å². The molecule has 1 N–H and O–H groups in total. The van der Waals surface area contributed by atoms with E-state index in [1.54, 1.807) is 24.3 Å². The molecule has 154 valence electrons. The molecule has 0 saturated carbocycles. The number of methoxy groups -OCH3 is 1. The maximum absolute atomic E-state index is 12.3. The lowest BCUT2D eigenvalue weighted by Gasteiger charge is -2.13. The van der Waals surface area contributed by atoms with Crippen molar-refractivity contribution in [3.8, 4) is 5.75 Å². The number of nitrogens with one attached hydrogen (secondary N) is 1. The molecule has 0 spiro atoms. The van der Waals surface area contributed by atoms with Crippen molar-refractivity contribution in [2.75, 3.05) is 7.11 Å². The lowest BCUT2D eigenvalue weighted by Crippen LogP contribution is -2.38. The van der Waals surface area contributed by atoms with E-state index < -0.39 is 23.5 Å². The van der Waals surface area contributed by atoms with E-state index in [-0.39, 0.29) is 6.61 Å². The highest BCUT2D eigenvalue weighted by atomic mass is 16.5. The van der Waals surface area contributed by atoms with Crippen molar-refractivity contribution in [2.24, 2.45) is 0 Å². The van der Waals surface area contributed by atoms with Gasteiger partial charge < -0.3 is 19.2 Å². The third-order valence-electron chi connectivity index (χ3n) is 4.35. The van der Waals surface area contributed by atoms with E-state index in [4.69, 9.17) is 13.9 Å². The van der Waals surface area contributed by atoms with Crippen LogP contribution in [0.2, 0.25) is 0 Å². The van der Waals surface area contributed by atoms with Crippen molar-refractivity contribution in [3.05, 3.63) is 82.2 Å². The molecule has 1 amide bonds. The molecule has 3 rings (SSSR count). The summed E-state index contributed by atoms with van der Waals surface area (Å²) in [6.07, 6.45) is 3.00. The molecule has 3 aromatic rings. The first-order valence-electron chi connectivity index (χ1n) is 9.27. The summed E-state index contributed by atoms with van der Waals surface area (Å²) in [5.41, 5.74) is 1.14. The number of carbonyl (C=O) groups excluding carboxylic acids is 2. The Balaban J connectivity index is 1.61. The molecule has 0 saturated heterocycles. The average Bonchev–Trinajstić information content (AvgIpc) is 2.75. The van der Waals surface area contributed by atoms with E-state index in [9.17, 15) is 14.4 Å². The molecule has 0 bridgehead atoms. The second kappa shape index (κ2) is 9.56. The van der Waals surface area contributed by atoms with Gasteiger partial charge >= 0.3 is 11.6 Å². The number of carbonyl (C=O) groups is 2. The minimum absolute atomic E-state index is 0.132. The summed E-state index contributed by atoms with van der Waals surface area (Å²) in [6, 6.07) is 14.8. The Hall–Kier alpha value is -3.87. The SMILES string of the molecule is COc1ccc2c(COC(=O)[C@H](C)NC(=O)/C=C/c3ccccc3)cc(=O)oc2c1. The monoisotopic (exact) mass is 407 g/mol. The zero-order valence-corrected chi connectivity index (χ0v) is 16.6. The van der Waals surface area contributed by atoms with E-state index in [0.717, 1.165) is 5.56 Å². The van der Waals surface area contributed by atoms with E-state index in [1.807, 2.05) is 30.3 Å². The van der Waals surface area contributed by atoms with Crippen LogP contribution in [0.25, 0.3) is 17.0 Å². The summed E-state index contributed by atoms with van der Waals surface area (Å²) >= 11 is 0. The van der Waals surface area contributed by atoms with Gasteiger partial charge in [0.2, 0.25) is 5.91 Å². The first-order valence-corrected chi connectivity index (χ1v) is 9.27. The van der Waals surface area contributed by atoms with E-state index in [2.05, 4.69) is 5.32 Å². The van der Waals surface area contributed by atoms with Crippen LogP contribution >= 0.6 is 0 Å². The average molecular weight is 407 g/mol. The fourth-order valence-corrected chi connectivity index (χ4v) is 2.79. The van der Waals surface area contributed by atoms with E-state index >= 15 is 0 Å². The second-order valence-corrected chi connectivity index (χ2v) is 6.53. The Kier molecular flexibility index (Phi) is 6.64. The van der Waals surface area contributed by atoms with Crippen LogP contribution in [0.3, 0.4) is 0 Å². The summed E-state index contributed by atoms with van der Waals surface area (Å²) in [5, 5.41) is 3.18. The van der Waals surface area contributed by atoms with Crippen LogP contribution in [-0.2, 0) is 20.9 Å². The molecular weight excluding hydrogens is 386 g/mol. The normalized spacial score (nSPS) is 11.9. The summed E-state index contributed by atoms with van der Waals surface area (Å²) in [5.74, 6) is -0.493. The van der Waals surface area contributed by atoms with Gasteiger partial charge in [0.15, 0.2) is 0 Å². The number of benzene rings is 2. The fraction of sp³-hybridized carbons (Fsp3) is 0.174. The molecule has 7 heteroatoms. The third-order valence-corrected chi connectivity index (χ3v) is 4.35. The summed E-state index contributed by atoms with van der Waals surface area (Å²) in [4.78, 5) is 36.1. The van der Waals surface area contributed by atoms with Crippen LogP contribution < -0.4 is 15.7 Å². The van der Waals surface area contributed by atoms with E-state index in [1.165, 1.54) is 26.2 Å². The Labute approximate surface area is 172 Å². The number of rotatable bonds is 7. The van der Waals surface area contributed by atoms with Crippen LogP contribution in [-0.4, -0.2) is 25.0 Å². The molecular formula is C23H21NO6. The smallest absolute Gasteiger partial charge is 0.336 e. The number of ether oxygens (including phenoxy) is 2. The molecule has 1 aromatic heterocycles. The van der Waals surface area contributed by atoms with Gasteiger partial charge in [-0.15, -0.1) is 0 Å². The van der Waals surface area contributed by atoms with Crippen molar-refractivity contribution in [3.63, 3.8) is 0 Å². The minimum atomic E-state index is -0.857. The zero-order valence-electron chi connectivity index (χ0n) is 16.6. The second-order valence-electron chi connectivity index (χ2n) is 6.53. The predicted molar refractivity (Wildman–Crippen MR) is 112 cm³/mol. The highest BCUT2D eigenvalue weighted by Crippen LogP contribution is 2.23. The van der Waals surface area contributed by atoms with E-state index in [0.29, 0.717) is 22.3 Å². The molecule has 0 aliphatic heterocycles. The number of amides is 1. The summed E-state index contributed by atoms with van der Waals surface area (Å²) < 4.78 is 15.6. The molecule has 2 aromatic carbocycles. The summed E-state index contributed by atoms with van der Waals surface area (Å²) in [7, 11) is 1.51. The molecule has 0 radical (unpaired) electrons. The number of hydrogen-bond acceptors (Lipinski definition) is 6. The molecule has 0 aliphatic rings. The maximum Gasteiger partial charge on any atom is 0.336 e. The number of esters is 1. The van der Waals surface area contributed by atoms with Crippen LogP contribution in [0.5, 0.6) is 5.75 Å². The fourth-order valence-electron chi connectivity index (χ4n) is 2.79. The Morgan fingerprint density at radius 3 is 2.63 bits per heavy atom. The van der Waals surface area contributed by atoms with Crippen LogP contribution in [0, 0.1) is 0 Å². The lowest BCUT2D eigenvalue weighted by molar-refractivity contribution is -0.148. The number of hydrogen-bond donors (Lipinski definition) is 1. The lowest BCUT2D eigenvalue weighted by atomic mass is 10.1. The number of fused-ring (bicyclic) bond motifs is 1. The van der Waals surface area contributed by atoms with Crippen LogP contribution in [0.15, 0.2) is 69.9 Å². The minimum Gasteiger partial charge on any atom is -0.497 e. The molecule has 0 aliphatic carbocycles. The largest absolute Gasteiger partial charge is 0.497 e. The standard InChI is InChI=1S/C23H21NO6/c1-15(24-21(25)11-8-16-6-4-3-5-7-16)23(27)29-14-17-12-22(26)30-20-13-18(28-2)9-10-19(17)20/h3-13,15H,14H2,1-2H3,(H,24,25)/b11-8+/t15-/m0/s1. The highest BCUT2D eigenvalue weighted by molar-refractivity contribution is 5.94. The Morgan fingerprint density at radius 2 is 1.90 bits per heavy atom. The molecule has 30 heavy (non-hydrogen) atoms. The van der Waals surface area contributed by atoms with Crippen molar-refractivity contribution < 1.29 is 23.5 Å². The Morgan fingerprint density at radius 1 is 1.13 bits per heavy atom. The van der Waals surface area contributed by atoms with Crippen LogP contribution in [0.4, 0.5) is 0 Å². The van der Waals surface area contributed by atoms with Gasteiger partial charge in [0, 0.05) is 29.2 Å². The third kappa shape index (κ3) is 5.35. The quantitative estimate of drug-likeness (QED) is 0.367. The Bertz CT molecular complexity index is 1130. The molecule has 0 fully saturated rings. The molecule has 1 heterocycles. The van der Waals surface area contributed by atoms with Crippen molar-refractivity contribution in [2.45, 2.75) is 19.6 Å². The first kappa shape index (κ1) is 20.9. The van der Waals surface area contributed by atoms with Gasteiger partial charge in [-0.1, -0.05) is 30.3 Å².